The van der Waals surface area contributed by atoms with E-state index in [0.29, 0.717) is 32.0 Å². The topological polar surface area (TPSA) is 52.6 Å². The summed E-state index contributed by atoms with van der Waals surface area (Å²) >= 11 is 0. The van der Waals surface area contributed by atoms with Gasteiger partial charge in [-0.15, -0.1) is 0 Å². The second-order valence-corrected chi connectivity index (χ2v) is 5.13. The Morgan fingerprint density at radius 3 is 2.78 bits per heavy atom. The maximum absolute atomic E-state index is 12.2. The van der Waals surface area contributed by atoms with Crippen LogP contribution in [0.25, 0.3) is 0 Å². The van der Waals surface area contributed by atoms with E-state index in [1.807, 2.05) is 0 Å². The van der Waals surface area contributed by atoms with E-state index in [4.69, 9.17) is 9.47 Å². The number of esters is 1. The zero-order valence-electron chi connectivity index (χ0n) is 11.7. The van der Waals surface area contributed by atoms with E-state index in [2.05, 4.69) is 13.8 Å². The molecule has 0 spiro atoms. The molecule has 4 nitrogen and oxygen atoms in total. The fraction of sp³-hybridized carbons (Fsp3) is 0.857. The molecule has 2 unspecified atom stereocenters. The van der Waals surface area contributed by atoms with Crippen LogP contribution in [-0.4, -0.2) is 31.6 Å². The lowest BCUT2D eigenvalue weighted by Crippen LogP contribution is -2.49. The molecular weight excluding hydrogens is 232 g/mol. The van der Waals surface area contributed by atoms with Crippen LogP contribution < -0.4 is 0 Å². The maximum Gasteiger partial charge on any atom is 0.322 e. The van der Waals surface area contributed by atoms with Crippen LogP contribution in [0.15, 0.2) is 0 Å². The third kappa shape index (κ3) is 3.31. The summed E-state index contributed by atoms with van der Waals surface area (Å²) in [4.78, 5) is 24.3. The molecule has 4 heteroatoms. The van der Waals surface area contributed by atoms with Gasteiger partial charge in [-0.1, -0.05) is 26.7 Å². The summed E-state index contributed by atoms with van der Waals surface area (Å²) in [6.07, 6.45) is 2.92. The molecule has 0 aromatic carbocycles. The molecule has 0 saturated carbocycles. The Kier molecular flexibility index (Phi) is 5.79. The van der Waals surface area contributed by atoms with E-state index in [0.717, 1.165) is 12.8 Å². The quantitative estimate of drug-likeness (QED) is 0.540. The standard InChI is InChI=1S/C14H24O4/c1-4-6-11(3)9-14(13(16)18-5-2)10-17-8-7-12(14)15/h11H,4-10H2,1-3H3. The number of rotatable bonds is 6. The third-order valence-corrected chi connectivity index (χ3v) is 3.50. The summed E-state index contributed by atoms with van der Waals surface area (Å²) in [6.45, 7) is 6.84. The van der Waals surface area contributed by atoms with E-state index in [1.165, 1.54) is 0 Å². The van der Waals surface area contributed by atoms with Gasteiger partial charge < -0.3 is 9.47 Å². The van der Waals surface area contributed by atoms with Crippen LogP contribution in [0.5, 0.6) is 0 Å². The molecule has 18 heavy (non-hydrogen) atoms. The predicted octanol–water partition coefficient (Wildman–Crippen LogP) is 2.35. The Hall–Kier alpha value is -0.900. The second-order valence-electron chi connectivity index (χ2n) is 5.13. The van der Waals surface area contributed by atoms with Crippen molar-refractivity contribution in [1.82, 2.24) is 0 Å². The molecular formula is C14H24O4. The van der Waals surface area contributed by atoms with Gasteiger partial charge in [0, 0.05) is 6.42 Å². The molecule has 0 amide bonds. The molecule has 0 aromatic heterocycles. The lowest BCUT2D eigenvalue weighted by molar-refractivity contribution is -0.170. The Bertz CT molecular complexity index is 300. The smallest absolute Gasteiger partial charge is 0.322 e. The number of carbonyl (C=O) groups is 2. The summed E-state index contributed by atoms with van der Waals surface area (Å²) in [5.41, 5.74) is -1.05. The molecule has 1 saturated heterocycles. The van der Waals surface area contributed by atoms with Crippen LogP contribution in [0.1, 0.15) is 46.5 Å². The van der Waals surface area contributed by atoms with E-state index in [-0.39, 0.29) is 12.4 Å². The average molecular weight is 256 g/mol. The number of hydrogen-bond acceptors (Lipinski definition) is 4. The minimum Gasteiger partial charge on any atom is -0.465 e. The van der Waals surface area contributed by atoms with Crippen molar-refractivity contribution in [2.24, 2.45) is 11.3 Å². The molecule has 0 aromatic rings. The van der Waals surface area contributed by atoms with Crippen LogP contribution in [0, 0.1) is 11.3 Å². The lowest BCUT2D eigenvalue weighted by atomic mass is 9.74. The third-order valence-electron chi connectivity index (χ3n) is 3.50. The fourth-order valence-corrected chi connectivity index (χ4v) is 2.62. The molecule has 1 rings (SSSR count). The van der Waals surface area contributed by atoms with Crippen LogP contribution in [0.4, 0.5) is 0 Å². The molecule has 1 fully saturated rings. The Labute approximate surface area is 109 Å². The summed E-state index contributed by atoms with van der Waals surface area (Å²) in [7, 11) is 0. The van der Waals surface area contributed by atoms with E-state index in [9.17, 15) is 9.59 Å². The van der Waals surface area contributed by atoms with E-state index in [1.54, 1.807) is 6.92 Å². The molecule has 1 aliphatic heterocycles. The minimum absolute atomic E-state index is 0.0184. The molecule has 0 radical (unpaired) electrons. The number of hydrogen-bond donors (Lipinski definition) is 0. The van der Waals surface area contributed by atoms with Crippen molar-refractivity contribution in [3.8, 4) is 0 Å². The van der Waals surface area contributed by atoms with Gasteiger partial charge >= 0.3 is 5.97 Å². The minimum atomic E-state index is -1.05. The fourth-order valence-electron chi connectivity index (χ4n) is 2.62. The largest absolute Gasteiger partial charge is 0.465 e. The van der Waals surface area contributed by atoms with Gasteiger partial charge in [0.2, 0.25) is 0 Å². The first-order valence-electron chi connectivity index (χ1n) is 6.85. The summed E-state index contributed by atoms with van der Waals surface area (Å²) in [6, 6.07) is 0. The van der Waals surface area contributed by atoms with Crippen LogP contribution in [0.2, 0.25) is 0 Å². The highest BCUT2D eigenvalue weighted by atomic mass is 16.5. The maximum atomic E-state index is 12.2. The van der Waals surface area contributed by atoms with Gasteiger partial charge in [-0.05, 0) is 19.3 Å². The van der Waals surface area contributed by atoms with Crippen molar-refractivity contribution in [1.29, 1.82) is 0 Å². The van der Waals surface area contributed by atoms with Crippen LogP contribution in [0.3, 0.4) is 0 Å². The molecule has 0 aliphatic carbocycles. The predicted molar refractivity (Wildman–Crippen MR) is 68.2 cm³/mol. The summed E-state index contributed by atoms with van der Waals surface area (Å²) < 4.78 is 10.5. The van der Waals surface area contributed by atoms with Crippen molar-refractivity contribution in [3.05, 3.63) is 0 Å². The van der Waals surface area contributed by atoms with Crippen LogP contribution in [-0.2, 0) is 19.1 Å². The summed E-state index contributed by atoms with van der Waals surface area (Å²) in [5.74, 6) is -0.0992. The molecule has 2 atom stereocenters. The van der Waals surface area contributed by atoms with Gasteiger partial charge in [0.15, 0.2) is 5.78 Å². The van der Waals surface area contributed by atoms with Gasteiger partial charge in [0.05, 0.1) is 19.8 Å². The van der Waals surface area contributed by atoms with Gasteiger partial charge in [-0.25, -0.2) is 0 Å². The monoisotopic (exact) mass is 256 g/mol. The van der Waals surface area contributed by atoms with Crippen molar-refractivity contribution in [2.75, 3.05) is 19.8 Å². The van der Waals surface area contributed by atoms with Gasteiger partial charge in [0.1, 0.15) is 5.41 Å². The highest BCUT2D eigenvalue weighted by molar-refractivity contribution is 6.04. The Balaban J connectivity index is 2.85. The average Bonchev–Trinajstić information content (AvgIpc) is 2.32. The van der Waals surface area contributed by atoms with Gasteiger partial charge in [0.25, 0.3) is 0 Å². The van der Waals surface area contributed by atoms with Crippen molar-refractivity contribution < 1.29 is 19.1 Å². The number of ketones is 1. The second kappa shape index (κ2) is 6.88. The molecule has 1 aliphatic rings. The number of carbonyl (C=O) groups excluding carboxylic acids is 2. The highest BCUT2D eigenvalue weighted by Crippen LogP contribution is 2.35. The SMILES string of the molecule is CCCC(C)CC1(C(=O)OCC)COCCC1=O. The lowest BCUT2D eigenvalue weighted by Gasteiger charge is -2.35. The zero-order valence-corrected chi connectivity index (χ0v) is 11.7. The number of Topliss-reactive ketones (excluding diaryl/α,β-unsaturated/α-hetero) is 1. The van der Waals surface area contributed by atoms with Crippen molar-refractivity contribution >= 4 is 11.8 Å². The zero-order chi connectivity index (χ0) is 13.6. The van der Waals surface area contributed by atoms with Crippen molar-refractivity contribution in [2.45, 2.75) is 46.5 Å². The van der Waals surface area contributed by atoms with E-state index < -0.39 is 11.4 Å². The Morgan fingerprint density at radius 2 is 2.22 bits per heavy atom. The van der Waals surface area contributed by atoms with E-state index >= 15 is 0 Å². The molecule has 0 bridgehead atoms. The number of ether oxygens (including phenoxy) is 2. The first-order valence-corrected chi connectivity index (χ1v) is 6.85. The first-order chi connectivity index (χ1) is 8.56. The normalized spacial score (nSPS) is 25.8. The summed E-state index contributed by atoms with van der Waals surface area (Å²) in [5, 5.41) is 0. The van der Waals surface area contributed by atoms with Gasteiger partial charge in [-0.3, -0.25) is 9.59 Å². The van der Waals surface area contributed by atoms with Gasteiger partial charge in [-0.2, -0.15) is 0 Å². The van der Waals surface area contributed by atoms with Crippen molar-refractivity contribution in [3.63, 3.8) is 0 Å². The van der Waals surface area contributed by atoms with Crippen LogP contribution >= 0.6 is 0 Å². The molecule has 104 valence electrons. The Morgan fingerprint density at radius 1 is 1.50 bits per heavy atom. The molecule has 1 heterocycles. The first kappa shape index (κ1) is 15.2. The molecule has 0 N–H and O–H groups in total. The highest BCUT2D eigenvalue weighted by Gasteiger charge is 2.49.